The van der Waals surface area contributed by atoms with Gasteiger partial charge in [-0.1, -0.05) is 6.92 Å². The van der Waals surface area contributed by atoms with Gasteiger partial charge in [-0.05, 0) is 26.8 Å². The first-order valence-corrected chi connectivity index (χ1v) is 5.02. The number of hydrogen-bond acceptors (Lipinski definition) is 3. The summed E-state index contributed by atoms with van der Waals surface area (Å²) in [6, 6.07) is 1.83. The van der Waals surface area contributed by atoms with Crippen LogP contribution in [0.2, 0.25) is 0 Å². The second-order valence-corrected chi connectivity index (χ2v) is 3.56. The van der Waals surface area contributed by atoms with Gasteiger partial charge in [-0.3, -0.25) is 4.79 Å². The van der Waals surface area contributed by atoms with Gasteiger partial charge in [-0.25, -0.2) is 0 Å². The smallest absolute Gasteiger partial charge is 0.222 e. The molecule has 0 aliphatic rings. The molecule has 4 heteroatoms. The Labute approximate surface area is 85.7 Å². The van der Waals surface area contributed by atoms with E-state index in [1.54, 1.807) is 0 Å². The lowest BCUT2D eigenvalue weighted by atomic mass is 10.2. The molecule has 0 bridgehead atoms. The zero-order valence-electron chi connectivity index (χ0n) is 9.13. The highest BCUT2D eigenvalue weighted by atomic mass is 16.1. The SMILES string of the molecule is CCCNC(C#N)CC(=O)NC(C)C. The van der Waals surface area contributed by atoms with Crippen LogP contribution in [0.25, 0.3) is 0 Å². The van der Waals surface area contributed by atoms with Gasteiger partial charge in [-0.15, -0.1) is 0 Å². The summed E-state index contributed by atoms with van der Waals surface area (Å²) in [5.74, 6) is -0.0739. The Kier molecular flexibility index (Phi) is 6.77. The minimum absolute atomic E-state index is 0.0739. The van der Waals surface area contributed by atoms with E-state index in [-0.39, 0.29) is 24.4 Å². The van der Waals surface area contributed by atoms with E-state index in [0.29, 0.717) is 0 Å². The summed E-state index contributed by atoms with van der Waals surface area (Å²) >= 11 is 0. The molecular weight excluding hydrogens is 178 g/mol. The summed E-state index contributed by atoms with van der Waals surface area (Å²) in [7, 11) is 0. The van der Waals surface area contributed by atoms with E-state index in [4.69, 9.17) is 5.26 Å². The minimum atomic E-state index is -0.367. The van der Waals surface area contributed by atoms with E-state index in [1.165, 1.54) is 0 Å². The lowest BCUT2D eigenvalue weighted by molar-refractivity contribution is -0.121. The fraction of sp³-hybridized carbons (Fsp3) is 0.800. The first-order valence-electron chi connectivity index (χ1n) is 5.02. The van der Waals surface area contributed by atoms with E-state index in [0.717, 1.165) is 13.0 Å². The van der Waals surface area contributed by atoms with Gasteiger partial charge in [0.2, 0.25) is 5.91 Å². The van der Waals surface area contributed by atoms with Crippen LogP contribution in [0.1, 0.15) is 33.6 Å². The molecule has 14 heavy (non-hydrogen) atoms. The minimum Gasteiger partial charge on any atom is -0.354 e. The Morgan fingerprint density at radius 1 is 1.50 bits per heavy atom. The highest BCUT2D eigenvalue weighted by Crippen LogP contribution is 1.92. The van der Waals surface area contributed by atoms with Gasteiger partial charge in [0.05, 0.1) is 12.5 Å². The maximum atomic E-state index is 11.3. The number of amides is 1. The van der Waals surface area contributed by atoms with Gasteiger partial charge in [0.15, 0.2) is 0 Å². The second kappa shape index (κ2) is 7.34. The Bertz CT molecular complexity index is 208. The monoisotopic (exact) mass is 197 g/mol. The Balaban J connectivity index is 3.82. The Hall–Kier alpha value is -1.08. The fourth-order valence-electron chi connectivity index (χ4n) is 1.05. The van der Waals surface area contributed by atoms with Crippen molar-refractivity contribution < 1.29 is 4.79 Å². The molecule has 4 nitrogen and oxygen atoms in total. The normalized spacial score (nSPS) is 12.2. The molecule has 0 aromatic carbocycles. The molecule has 0 aromatic heterocycles. The van der Waals surface area contributed by atoms with Crippen molar-refractivity contribution in [2.45, 2.75) is 45.7 Å². The molecule has 0 saturated heterocycles. The van der Waals surface area contributed by atoms with E-state index in [2.05, 4.69) is 16.7 Å². The van der Waals surface area contributed by atoms with Gasteiger partial charge in [0.25, 0.3) is 0 Å². The number of carbonyl (C=O) groups excluding carboxylic acids is 1. The van der Waals surface area contributed by atoms with Gasteiger partial charge in [0.1, 0.15) is 6.04 Å². The maximum absolute atomic E-state index is 11.3. The van der Waals surface area contributed by atoms with E-state index >= 15 is 0 Å². The van der Waals surface area contributed by atoms with Crippen molar-refractivity contribution in [2.75, 3.05) is 6.54 Å². The largest absolute Gasteiger partial charge is 0.354 e. The average molecular weight is 197 g/mol. The molecule has 1 atom stereocenters. The quantitative estimate of drug-likeness (QED) is 0.661. The summed E-state index contributed by atoms with van der Waals surface area (Å²) in [5.41, 5.74) is 0. The zero-order valence-corrected chi connectivity index (χ0v) is 9.13. The van der Waals surface area contributed by atoms with Crippen LogP contribution >= 0.6 is 0 Å². The number of rotatable bonds is 6. The van der Waals surface area contributed by atoms with Crippen molar-refractivity contribution in [1.82, 2.24) is 10.6 Å². The van der Waals surface area contributed by atoms with Crippen LogP contribution in [-0.2, 0) is 4.79 Å². The topological polar surface area (TPSA) is 64.9 Å². The van der Waals surface area contributed by atoms with Crippen molar-refractivity contribution in [3.05, 3.63) is 0 Å². The fourth-order valence-corrected chi connectivity index (χ4v) is 1.05. The summed E-state index contributed by atoms with van der Waals surface area (Å²) in [6.07, 6.45) is 1.19. The number of carbonyl (C=O) groups is 1. The van der Waals surface area contributed by atoms with E-state index < -0.39 is 0 Å². The summed E-state index contributed by atoms with van der Waals surface area (Å²) in [4.78, 5) is 11.3. The molecule has 1 amide bonds. The molecule has 0 saturated carbocycles. The number of nitrogens with zero attached hydrogens (tertiary/aromatic N) is 1. The summed E-state index contributed by atoms with van der Waals surface area (Å²) in [6.45, 7) is 6.60. The first-order chi connectivity index (χ1) is 6.60. The standard InChI is InChI=1S/C10H19N3O/c1-4-5-12-9(7-11)6-10(14)13-8(2)3/h8-9,12H,4-6H2,1-3H3,(H,13,14). The van der Waals surface area contributed by atoms with Crippen molar-refractivity contribution >= 4 is 5.91 Å². The molecule has 0 heterocycles. The van der Waals surface area contributed by atoms with Crippen LogP contribution in [0.4, 0.5) is 0 Å². The first kappa shape index (κ1) is 12.9. The predicted molar refractivity (Wildman–Crippen MR) is 55.6 cm³/mol. The van der Waals surface area contributed by atoms with Crippen LogP contribution in [0.3, 0.4) is 0 Å². The highest BCUT2D eigenvalue weighted by Gasteiger charge is 2.12. The molecule has 1 unspecified atom stereocenters. The molecule has 0 aromatic rings. The Morgan fingerprint density at radius 2 is 2.14 bits per heavy atom. The van der Waals surface area contributed by atoms with Crippen LogP contribution in [-0.4, -0.2) is 24.5 Å². The molecule has 0 radical (unpaired) electrons. The molecule has 0 fully saturated rings. The molecule has 80 valence electrons. The average Bonchev–Trinajstić information content (AvgIpc) is 2.10. The summed E-state index contributed by atoms with van der Waals surface area (Å²) in [5, 5.41) is 14.5. The third-order valence-corrected chi connectivity index (χ3v) is 1.64. The highest BCUT2D eigenvalue weighted by molar-refractivity contribution is 5.77. The van der Waals surface area contributed by atoms with Crippen LogP contribution in [0, 0.1) is 11.3 Å². The van der Waals surface area contributed by atoms with Gasteiger partial charge < -0.3 is 10.6 Å². The maximum Gasteiger partial charge on any atom is 0.222 e. The molecule has 0 aliphatic heterocycles. The van der Waals surface area contributed by atoms with Gasteiger partial charge >= 0.3 is 0 Å². The molecule has 2 N–H and O–H groups in total. The molecule has 0 aliphatic carbocycles. The third-order valence-electron chi connectivity index (χ3n) is 1.64. The second-order valence-electron chi connectivity index (χ2n) is 3.56. The van der Waals surface area contributed by atoms with E-state index in [9.17, 15) is 4.79 Å². The lowest BCUT2D eigenvalue weighted by Crippen LogP contribution is -2.37. The molecule has 0 rings (SSSR count). The van der Waals surface area contributed by atoms with Crippen molar-refractivity contribution in [3.8, 4) is 6.07 Å². The Morgan fingerprint density at radius 3 is 2.57 bits per heavy atom. The van der Waals surface area contributed by atoms with Crippen molar-refractivity contribution in [3.63, 3.8) is 0 Å². The van der Waals surface area contributed by atoms with Crippen LogP contribution in [0.15, 0.2) is 0 Å². The van der Waals surface area contributed by atoms with Crippen molar-refractivity contribution in [1.29, 1.82) is 5.26 Å². The van der Waals surface area contributed by atoms with Crippen molar-refractivity contribution in [2.24, 2.45) is 0 Å². The molecular formula is C10H19N3O. The molecule has 0 spiro atoms. The van der Waals surface area contributed by atoms with Crippen LogP contribution < -0.4 is 10.6 Å². The zero-order chi connectivity index (χ0) is 11.0. The summed E-state index contributed by atoms with van der Waals surface area (Å²) < 4.78 is 0. The predicted octanol–water partition coefficient (Wildman–Crippen LogP) is 0.793. The van der Waals surface area contributed by atoms with Gasteiger partial charge in [-0.2, -0.15) is 5.26 Å². The number of hydrogen-bond donors (Lipinski definition) is 2. The van der Waals surface area contributed by atoms with Gasteiger partial charge in [0, 0.05) is 6.04 Å². The third kappa shape index (κ3) is 6.44. The lowest BCUT2D eigenvalue weighted by Gasteiger charge is -2.12. The van der Waals surface area contributed by atoms with Crippen LogP contribution in [0.5, 0.6) is 0 Å². The number of nitriles is 1. The number of nitrogens with one attached hydrogen (secondary N) is 2. The van der Waals surface area contributed by atoms with E-state index in [1.807, 2.05) is 20.8 Å².